The van der Waals surface area contributed by atoms with Gasteiger partial charge in [-0.15, -0.1) is 0 Å². The molecule has 3 rings (SSSR count). The van der Waals surface area contributed by atoms with Gasteiger partial charge in [-0.05, 0) is 5.56 Å². The van der Waals surface area contributed by atoms with Crippen molar-refractivity contribution in [3.05, 3.63) is 35.9 Å². The van der Waals surface area contributed by atoms with Crippen molar-refractivity contribution in [2.45, 2.75) is 19.0 Å². The average molecular weight is 238 g/mol. The van der Waals surface area contributed by atoms with E-state index in [0.717, 1.165) is 25.2 Å². The van der Waals surface area contributed by atoms with E-state index in [2.05, 4.69) is 5.32 Å². The van der Waals surface area contributed by atoms with E-state index in [1.54, 1.807) is 0 Å². The van der Waals surface area contributed by atoms with Gasteiger partial charge in [-0.2, -0.15) is 0 Å². The number of halogens is 2. The second kappa shape index (κ2) is 4.03. The zero-order chi connectivity index (χ0) is 11.9. The Kier molecular flexibility index (Phi) is 2.64. The number of hydrogen-bond donors (Lipinski definition) is 1. The van der Waals surface area contributed by atoms with Gasteiger partial charge in [0, 0.05) is 31.6 Å². The highest BCUT2D eigenvalue weighted by Crippen LogP contribution is 2.44. The molecule has 2 saturated heterocycles. The Labute approximate surface area is 99.6 Å². The molecule has 2 fully saturated rings. The van der Waals surface area contributed by atoms with Gasteiger partial charge < -0.3 is 5.32 Å². The smallest absolute Gasteiger partial charge is 0.254 e. The number of benzene rings is 1. The largest absolute Gasteiger partial charge is 0.315 e. The molecule has 2 aliphatic rings. The first kappa shape index (κ1) is 11.1. The highest BCUT2D eigenvalue weighted by Gasteiger charge is 2.59. The number of nitrogens with zero attached hydrogens (tertiary/aromatic N) is 1. The van der Waals surface area contributed by atoms with Gasteiger partial charge in [0.15, 0.2) is 0 Å². The molecule has 0 amide bonds. The standard InChI is InChI=1S/C13H16F2N2/c14-12(15)11-13(7-16-8-13)9-17(11)6-10-4-2-1-3-5-10/h1-5,11-12,16H,6-9H2/t11-/m1/s1. The van der Waals surface area contributed by atoms with Gasteiger partial charge >= 0.3 is 0 Å². The summed E-state index contributed by atoms with van der Waals surface area (Å²) in [4.78, 5) is 1.90. The van der Waals surface area contributed by atoms with Gasteiger partial charge in [0.25, 0.3) is 6.43 Å². The summed E-state index contributed by atoms with van der Waals surface area (Å²) < 4.78 is 26.2. The third kappa shape index (κ3) is 1.76. The molecule has 2 heterocycles. The molecule has 0 aliphatic carbocycles. The summed E-state index contributed by atoms with van der Waals surface area (Å²) in [6, 6.07) is 9.27. The van der Waals surface area contributed by atoms with Crippen molar-refractivity contribution in [2.75, 3.05) is 19.6 Å². The first-order valence-electron chi connectivity index (χ1n) is 5.98. The Balaban J connectivity index is 1.69. The Bertz CT molecular complexity index is 390. The molecule has 1 aromatic rings. The topological polar surface area (TPSA) is 15.3 Å². The number of rotatable bonds is 3. The predicted octanol–water partition coefficient (Wildman–Crippen LogP) is 1.73. The number of nitrogens with one attached hydrogen (secondary N) is 1. The molecule has 2 nitrogen and oxygen atoms in total. The SMILES string of the molecule is FC(F)[C@H]1N(Cc2ccccc2)CC12CNC2. The molecule has 1 N–H and O–H groups in total. The lowest BCUT2D eigenvalue weighted by atomic mass is 9.67. The van der Waals surface area contributed by atoms with E-state index in [0.29, 0.717) is 6.54 Å². The molecule has 0 bridgehead atoms. The average Bonchev–Trinajstić information content (AvgIpc) is 2.21. The lowest BCUT2D eigenvalue weighted by Crippen LogP contribution is -2.78. The van der Waals surface area contributed by atoms with Gasteiger partial charge in [0.1, 0.15) is 0 Å². The molecule has 0 unspecified atom stereocenters. The molecular formula is C13H16F2N2. The molecule has 1 atom stereocenters. The molecule has 92 valence electrons. The summed E-state index contributed by atoms with van der Waals surface area (Å²) in [5.74, 6) is 0. The fourth-order valence-corrected chi connectivity index (χ4v) is 3.04. The Morgan fingerprint density at radius 3 is 2.53 bits per heavy atom. The molecule has 4 heteroatoms. The van der Waals surface area contributed by atoms with Crippen LogP contribution in [-0.2, 0) is 6.54 Å². The van der Waals surface area contributed by atoms with Crippen LogP contribution < -0.4 is 5.32 Å². The Hall–Kier alpha value is -1.00. The van der Waals surface area contributed by atoms with Crippen molar-refractivity contribution < 1.29 is 8.78 Å². The summed E-state index contributed by atoms with van der Waals surface area (Å²) in [5.41, 5.74) is 0.962. The van der Waals surface area contributed by atoms with Crippen molar-refractivity contribution in [2.24, 2.45) is 5.41 Å². The van der Waals surface area contributed by atoms with E-state index in [9.17, 15) is 8.78 Å². The van der Waals surface area contributed by atoms with Gasteiger partial charge in [0.05, 0.1) is 6.04 Å². The third-order valence-electron chi connectivity index (χ3n) is 3.96. The van der Waals surface area contributed by atoms with Crippen LogP contribution >= 0.6 is 0 Å². The van der Waals surface area contributed by atoms with Crippen molar-refractivity contribution >= 4 is 0 Å². The third-order valence-corrected chi connectivity index (χ3v) is 3.96. The molecule has 0 radical (unpaired) electrons. The van der Waals surface area contributed by atoms with Crippen LogP contribution in [0, 0.1) is 5.41 Å². The van der Waals surface area contributed by atoms with Gasteiger partial charge in [-0.3, -0.25) is 4.90 Å². The minimum Gasteiger partial charge on any atom is -0.315 e. The minimum atomic E-state index is -2.24. The van der Waals surface area contributed by atoms with Crippen LogP contribution in [0.5, 0.6) is 0 Å². The van der Waals surface area contributed by atoms with E-state index in [1.165, 1.54) is 0 Å². The van der Waals surface area contributed by atoms with E-state index in [1.807, 2.05) is 35.2 Å². The molecule has 0 aromatic heterocycles. The van der Waals surface area contributed by atoms with Crippen LogP contribution in [0.15, 0.2) is 30.3 Å². The van der Waals surface area contributed by atoms with Crippen molar-refractivity contribution in [3.8, 4) is 0 Å². The summed E-state index contributed by atoms with van der Waals surface area (Å²) in [6.45, 7) is 2.92. The fourth-order valence-electron chi connectivity index (χ4n) is 3.04. The molecule has 0 saturated carbocycles. The number of hydrogen-bond acceptors (Lipinski definition) is 2. The van der Waals surface area contributed by atoms with Crippen LogP contribution in [0.4, 0.5) is 8.78 Å². The second-order valence-corrected chi connectivity index (χ2v) is 5.14. The second-order valence-electron chi connectivity index (χ2n) is 5.14. The summed E-state index contributed by atoms with van der Waals surface area (Å²) in [6.07, 6.45) is -2.24. The monoisotopic (exact) mass is 238 g/mol. The summed E-state index contributed by atoms with van der Waals surface area (Å²) in [7, 11) is 0. The van der Waals surface area contributed by atoms with E-state index in [4.69, 9.17) is 0 Å². The van der Waals surface area contributed by atoms with Crippen LogP contribution in [0.1, 0.15) is 5.56 Å². The van der Waals surface area contributed by atoms with Crippen LogP contribution in [0.2, 0.25) is 0 Å². The summed E-state index contributed by atoms with van der Waals surface area (Å²) >= 11 is 0. The van der Waals surface area contributed by atoms with Crippen LogP contribution in [0.3, 0.4) is 0 Å². The lowest BCUT2D eigenvalue weighted by molar-refractivity contribution is -0.170. The maximum atomic E-state index is 13.1. The zero-order valence-corrected chi connectivity index (χ0v) is 9.57. The van der Waals surface area contributed by atoms with Crippen molar-refractivity contribution in [1.29, 1.82) is 0 Å². The van der Waals surface area contributed by atoms with Gasteiger partial charge in [-0.25, -0.2) is 8.78 Å². The predicted molar refractivity (Wildman–Crippen MR) is 61.9 cm³/mol. The minimum absolute atomic E-state index is 0.150. The van der Waals surface area contributed by atoms with Gasteiger partial charge in [-0.1, -0.05) is 30.3 Å². The van der Waals surface area contributed by atoms with E-state index in [-0.39, 0.29) is 5.41 Å². The maximum absolute atomic E-state index is 13.1. The normalized spacial score (nSPS) is 26.9. The molecule has 2 aliphatic heterocycles. The molecule has 17 heavy (non-hydrogen) atoms. The number of alkyl halides is 2. The number of likely N-dealkylation sites (tertiary alicyclic amines) is 1. The van der Waals surface area contributed by atoms with E-state index < -0.39 is 12.5 Å². The highest BCUT2D eigenvalue weighted by molar-refractivity contribution is 5.18. The fraction of sp³-hybridized carbons (Fsp3) is 0.538. The molecule has 1 aromatic carbocycles. The first-order chi connectivity index (χ1) is 8.21. The lowest BCUT2D eigenvalue weighted by Gasteiger charge is -2.62. The van der Waals surface area contributed by atoms with Crippen molar-refractivity contribution in [1.82, 2.24) is 10.2 Å². The Morgan fingerprint density at radius 1 is 1.29 bits per heavy atom. The Morgan fingerprint density at radius 2 is 2.00 bits per heavy atom. The summed E-state index contributed by atoms with van der Waals surface area (Å²) in [5, 5.41) is 3.11. The first-order valence-corrected chi connectivity index (χ1v) is 5.98. The highest BCUT2D eigenvalue weighted by atomic mass is 19.3. The van der Waals surface area contributed by atoms with Crippen LogP contribution in [-0.4, -0.2) is 37.0 Å². The quantitative estimate of drug-likeness (QED) is 0.862. The maximum Gasteiger partial charge on any atom is 0.254 e. The van der Waals surface area contributed by atoms with Crippen molar-refractivity contribution in [3.63, 3.8) is 0 Å². The zero-order valence-electron chi connectivity index (χ0n) is 9.57. The van der Waals surface area contributed by atoms with Gasteiger partial charge in [0.2, 0.25) is 0 Å². The van der Waals surface area contributed by atoms with Crippen LogP contribution in [0.25, 0.3) is 0 Å². The molecule has 1 spiro atoms. The van der Waals surface area contributed by atoms with E-state index >= 15 is 0 Å². The molecular weight excluding hydrogens is 222 g/mol.